The smallest absolute Gasteiger partial charge is 0.250 e. The molecule has 0 aromatic carbocycles. The first-order valence-electron chi connectivity index (χ1n) is 5.96. The van der Waals surface area contributed by atoms with Gasteiger partial charge in [-0.2, -0.15) is 0 Å². The molecule has 0 radical (unpaired) electrons. The first kappa shape index (κ1) is 12.6. The van der Waals surface area contributed by atoms with Crippen LogP contribution in [-0.2, 0) is 21.4 Å². The molecule has 2 N–H and O–H groups in total. The zero-order chi connectivity index (χ0) is 12.8. The van der Waals surface area contributed by atoms with Gasteiger partial charge in [0.15, 0.2) is 0 Å². The lowest BCUT2D eigenvalue weighted by molar-refractivity contribution is 0.0996. The summed E-state index contributed by atoms with van der Waals surface area (Å²) < 4.78 is 32.9. The van der Waals surface area contributed by atoms with Crippen LogP contribution in [0.1, 0.15) is 24.1 Å². The molecule has 3 rings (SSSR count). The molecule has 3 atom stereocenters. The van der Waals surface area contributed by atoms with Crippen molar-refractivity contribution < 1.29 is 18.3 Å². The molecule has 1 aromatic heterocycles. The molecule has 7 heteroatoms. The van der Waals surface area contributed by atoms with Crippen molar-refractivity contribution in [2.75, 3.05) is 0 Å². The first-order chi connectivity index (χ1) is 8.58. The Balaban J connectivity index is 1.75. The summed E-state index contributed by atoms with van der Waals surface area (Å²) in [6, 6.07) is 3.07. The number of thiophene rings is 1. The van der Waals surface area contributed by atoms with E-state index in [1.54, 1.807) is 6.07 Å². The Morgan fingerprint density at radius 2 is 2.28 bits per heavy atom. The van der Waals surface area contributed by atoms with Crippen LogP contribution in [0.25, 0.3) is 0 Å². The van der Waals surface area contributed by atoms with Gasteiger partial charge < -0.3 is 9.84 Å². The average molecular weight is 289 g/mol. The number of hydrogen-bond acceptors (Lipinski definition) is 5. The fourth-order valence-electron chi connectivity index (χ4n) is 2.61. The van der Waals surface area contributed by atoms with Gasteiger partial charge in [0.05, 0.1) is 24.9 Å². The lowest BCUT2D eigenvalue weighted by Gasteiger charge is -2.19. The summed E-state index contributed by atoms with van der Waals surface area (Å²) in [5.41, 5.74) is 0. The molecule has 0 spiro atoms. The Morgan fingerprint density at radius 1 is 1.44 bits per heavy atom. The van der Waals surface area contributed by atoms with Crippen LogP contribution < -0.4 is 4.72 Å². The summed E-state index contributed by atoms with van der Waals surface area (Å²) in [6.45, 7) is -0.128. The number of ether oxygens (including phenoxy) is 1. The van der Waals surface area contributed by atoms with Gasteiger partial charge in [0.25, 0.3) is 0 Å². The van der Waals surface area contributed by atoms with E-state index in [0.29, 0.717) is 4.88 Å². The largest absolute Gasteiger partial charge is 0.391 e. The molecule has 100 valence electrons. The topological polar surface area (TPSA) is 75.6 Å². The average Bonchev–Trinajstić information content (AvgIpc) is 3.04. The van der Waals surface area contributed by atoms with Gasteiger partial charge in [-0.1, -0.05) is 0 Å². The minimum Gasteiger partial charge on any atom is -0.391 e. The van der Waals surface area contributed by atoms with E-state index in [2.05, 4.69) is 4.72 Å². The summed E-state index contributed by atoms with van der Waals surface area (Å²) in [5, 5.41) is 8.96. The third kappa shape index (κ3) is 2.21. The van der Waals surface area contributed by atoms with Crippen molar-refractivity contribution >= 4 is 21.4 Å². The molecule has 2 saturated heterocycles. The van der Waals surface area contributed by atoms with E-state index in [1.807, 2.05) is 0 Å². The molecule has 18 heavy (non-hydrogen) atoms. The molecular formula is C11H15NO4S2. The van der Waals surface area contributed by atoms with Crippen LogP contribution in [0, 0.1) is 0 Å². The minimum absolute atomic E-state index is 0.0297. The number of nitrogens with one attached hydrogen (secondary N) is 1. The van der Waals surface area contributed by atoms with E-state index < -0.39 is 10.0 Å². The summed E-state index contributed by atoms with van der Waals surface area (Å²) in [7, 11) is -3.48. The van der Waals surface area contributed by atoms with Crippen LogP contribution in [0.4, 0.5) is 0 Å². The van der Waals surface area contributed by atoms with Gasteiger partial charge >= 0.3 is 0 Å². The quantitative estimate of drug-likeness (QED) is 0.861. The molecule has 2 bridgehead atoms. The second-order valence-corrected chi connectivity index (χ2v) is 7.83. The zero-order valence-electron chi connectivity index (χ0n) is 9.70. The standard InChI is InChI=1S/C11H15NO4S2/c13-6-8-2-4-11(17-8)18(14,15)12-9-5-7-1-3-10(9)16-7/h2,4,7,9-10,12-13H,1,3,5-6H2. The lowest BCUT2D eigenvalue weighted by atomic mass is 9.96. The van der Waals surface area contributed by atoms with Gasteiger partial charge in [0.2, 0.25) is 10.0 Å². The van der Waals surface area contributed by atoms with Crippen LogP contribution in [0.15, 0.2) is 16.3 Å². The van der Waals surface area contributed by atoms with Gasteiger partial charge in [-0.05, 0) is 31.4 Å². The van der Waals surface area contributed by atoms with Crippen molar-refractivity contribution in [3.8, 4) is 0 Å². The molecule has 3 heterocycles. The maximum absolute atomic E-state index is 12.2. The summed E-state index contributed by atoms with van der Waals surface area (Å²) in [5.74, 6) is 0. The van der Waals surface area contributed by atoms with Gasteiger partial charge in [0.1, 0.15) is 4.21 Å². The number of rotatable bonds is 4. The summed E-state index contributed by atoms with van der Waals surface area (Å²) in [4.78, 5) is 0.652. The maximum atomic E-state index is 12.2. The van der Waals surface area contributed by atoms with Gasteiger partial charge in [0, 0.05) is 4.88 Å². The summed E-state index contributed by atoms with van der Waals surface area (Å²) >= 11 is 1.10. The van der Waals surface area contributed by atoms with Crippen molar-refractivity contribution in [2.24, 2.45) is 0 Å². The molecular weight excluding hydrogens is 274 g/mol. The van der Waals surface area contributed by atoms with E-state index in [9.17, 15) is 8.42 Å². The minimum atomic E-state index is -3.48. The highest BCUT2D eigenvalue weighted by molar-refractivity contribution is 7.91. The fourth-order valence-corrected chi connectivity index (χ4v) is 5.12. The predicted molar refractivity (Wildman–Crippen MR) is 66.9 cm³/mol. The molecule has 1 aromatic rings. The van der Waals surface area contributed by atoms with Gasteiger partial charge in [-0.3, -0.25) is 0 Å². The van der Waals surface area contributed by atoms with E-state index in [-0.39, 0.29) is 29.1 Å². The third-order valence-corrected chi connectivity index (χ3v) is 6.52. The Kier molecular flexibility index (Phi) is 3.19. The predicted octanol–water partition coefficient (Wildman–Crippen LogP) is 0.839. The van der Waals surface area contributed by atoms with Crippen molar-refractivity contribution in [1.82, 2.24) is 4.72 Å². The normalized spacial score (nSPS) is 31.1. The highest BCUT2D eigenvalue weighted by Crippen LogP contribution is 2.35. The number of hydrogen-bond donors (Lipinski definition) is 2. The van der Waals surface area contributed by atoms with Crippen molar-refractivity contribution in [1.29, 1.82) is 0 Å². The molecule has 2 aliphatic heterocycles. The Hall–Kier alpha value is -0.470. The Bertz CT molecular complexity index is 539. The van der Waals surface area contributed by atoms with Crippen LogP contribution >= 0.6 is 11.3 Å². The number of fused-ring (bicyclic) bond motifs is 2. The van der Waals surface area contributed by atoms with Crippen molar-refractivity contribution in [3.05, 3.63) is 17.0 Å². The highest BCUT2D eigenvalue weighted by Gasteiger charge is 2.42. The number of aliphatic hydroxyl groups is 1. The molecule has 0 saturated carbocycles. The van der Waals surface area contributed by atoms with Crippen LogP contribution in [-0.4, -0.2) is 31.8 Å². The molecule has 0 aliphatic carbocycles. The van der Waals surface area contributed by atoms with Crippen molar-refractivity contribution in [3.63, 3.8) is 0 Å². The second-order valence-electron chi connectivity index (χ2n) is 4.72. The van der Waals surface area contributed by atoms with Crippen LogP contribution in [0.2, 0.25) is 0 Å². The maximum Gasteiger partial charge on any atom is 0.250 e. The van der Waals surface area contributed by atoms with E-state index in [0.717, 1.165) is 30.6 Å². The summed E-state index contributed by atoms with van der Waals surface area (Å²) in [6.07, 6.45) is 2.99. The highest BCUT2D eigenvalue weighted by atomic mass is 32.2. The second kappa shape index (κ2) is 4.57. The molecule has 5 nitrogen and oxygen atoms in total. The van der Waals surface area contributed by atoms with Crippen molar-refractivity contribution in [2.45, 2.75) is 48.3 Å². The van der Waals surface area contributed by atoms with Crippen LogP contribution in [0.3, 0.4) is 0 Å². The van der Waals surface area contributed by atoms with E-state index >= 15 is 0 Å². The van der Waals surface area contributed by atoms with Gasteiger partial charge in [-0.25, -0.2) is 13.1 Å². The lowest BCUT2D eigenvalue weighted by Crippen LogP contribution is -2.41. The zero-order valence-corrected chi connectivity index (χ0v) is 11.3. The number of aliphatic hydroxyl groups excluding tert-OH is 1. The Morgan fingerprint density at radius 3 is 2.83 bits per heavy atom. The molecule has 0 amide bonds. The first-order valence-corrected chi connectivity index (χ1v) is 8.26. The Labute approximate surface area is 110 Å². The number of sulfonamides is 1. The van der Waals surface area contributed by atoms with Crippen LogP contribution in [0.5, 0.6) is 0 Å². The third-order valence-electron chi connectivity index (χ3n) is 3.47. The molecule has 2 aliphatic rings. The fraction of sp³-hybridized carbons (Fsp3) is 0.636. The monoisotopic (exact) mass is 289 g/mol. The van der Waals surface area contributed by atoms with Gasteiger partial charge in [-0.15, -0.1) is 11.3 Å². The molecule has 3 unspecified atom stereocenters. The van der Waals surface area contributed by atoms with E-state index in [1.165, 1.54) is 6.07 Å². The molecule has 2 fully saturated rings. The van der Waals surface area contributed by atoms with E-state index in [4.69, 9.17) is 9.84 Å². The SMILES string of the molecule is O=S(=O)(NC1CC2CCC1O2)c1ccc(CO)s1.